The number of carbonyl (C=O) groups is 4. The van der Waals surface area contributed by atoms with Crippen molar-refractivity contribution in [3.8, 4) is 0 Å². The smallest absolute Gasteiger partial charge is 0.376 e. The van der Waals surface area contributed by atoms with Gasteiger partial charge in [0, 0.05) is 25.2 Å². The van der Waals surface area contributed by atoms with Crippen LogP contribution in [-0.2, 0) is 19.1 Å². The molecule has 0 aliphatic heterocycles. The molecule has 0 fully saturated rings. The van der Waals surface area contributed by atoms with E-state index in [1.54, 1.807) is 13.8 Å². The third kappa shape index (κ3) is 9.63. The lowest BCUT2D eigenvalue weighted by atomic mass is 10.3. The molecule has 0 bridgehead atoms. The quantitative estimate of drug-likeness (QED) is 0.566. The lowest BCUT2D eigenvalue weighted by Crippen LogP contribution is -2.25. The molecule has 0 aliphatic rings. The van der Waals surface area contributed by atoms with Crippen molar-refractivity contribution in [1.82, 2.24) is 10.6 Å². The van der Waals surface area contributed by atoms with Crippen LogP contribution in [0.2, 0.25) is 0 Å². The van der Waals surface area contributed by atoms with Crippen molar-refractivity contribution in [2.24, 2.45) is 0 Å². The second-order valence-electron chi connectivity index (χ2n) is 3.65. The number of rotatable bonds is 6. The summed E-state index contributed by atoms with van der Waals surface area (Å²) in [6, 6.07) is 0. The predicted octanol–water partition coefficient (Wildman–Crippen LogP) is 1.56. The van der Waals surface area contributed by atoms with E-state index in [2.05, 4.69) is 20.1 Å². The van der Waals surface area contributed by atoms with Crippen LogP contribution < -0.4 is 10.6 Å². The summed E-state index contributed by atoms with van der Waals surface area (Å²) in [7, 11) is 0. The van der Waals surface area contributed by atoms with E-state index in [1.807, 2.05) is 0 Å². The molecule has 0 aromatic heterocycles. The molecular weight excluding hydrogens is 268 g/mol. The lowest BCUT2D eigenvalue weighted by molar-refractivity contribution is -0.138. The van der Waals surface area contributed by atoms with Gasteiger partial charge in [0.15, 0.2) is 0 Å². The SMILES string of the molecule is CCCC(=O)OC(=O)NC=CNC(=O)OC(=O)CCC. The highest BCUT2D eigenvalue weighted by Gasteiger charge is 2.08. The van der Waals surface area contributed by atoms with Gasteiger partial charge in [-0.05, 0) is 12.8 Å². The maximum Gasteiger partial charge on any atom is 0.418 e. The van der Waals surface area contributed by atoms with Gasteiger partial charge in [-0.15, -0.1) is 0 Å². The van der Waals surface area contributed by atoms with Crippen molar-refractivity contribution in [1.29, 1.82) is 0 Å². The average Bonchev–Trinajstić information content (AvgIpc) is 2.35. The monoisotopic (exact) mass is 286 g/mol. The van der Waals surface area contributed by atoms with Crippen molar-refractivity contribution < 1.29 is 28.7 Å². The van der Waals surface area contributed by atoms with Gasteiger partial charge in [-0.25, -0.2) is 9.59 Å². The highest BCUT2D eigenvalue weighted by Crippen LogP contribution is 1.92. The second-order valence-corrected chi connectivity index (χ2v) is 3.65. The maximum absolute atomic E-state index is 11.0. The molecule has 0 unspecified atom stereocenters. The van der Waals surface area contributed by atoms with Crippen molar-refractivity contribution in [3.63, 3.8) is 0 Å². The number of esters is 2. The number of carbonyl (C=O) groups excluding carboxylic acids is 4. The molecule has 0 saturated heterocycles. The van der Waals surface area contributed by atoms with Crippen molar-refractivity contribution in [2.75, 3.05) is 0 Å². The fourth-order valence-electron chi connectivity index (χ4n) is 0.995. The molecule has 0 heterocycles. The predicted molar refractivity (Wildman–Crippen MR) is 68.2 cm³/mol. The number of ether oxygens (including phenoxy) is 2. The molecule has 0 rings (SSSR count). The Bertz CT molecular complexity index is 355. The van der Waals surface area contributed by atoms with Gasteiger partial charge in [0.25, 0.3) is 0 Å². The third-order valence-corrected chi connectivity index (χ3v) is 1.81. The Morgan fingerprint density at radius 1 is 0.800 bits per heavy atom. The first-order valence-corrected chi connectivity index (χ1v) is 6.16. The van der Waals surface area contributed by atoms with E-state index in [4.69, 9.17) is 0 Å². The van der Waals surface area contributed by atoms with Gasteiger partial charge in [0.05, 0.1) is 0 Å². The van der Waals surface area contributed by atoms with Gasteiger partial charge >= 0.3 is 24.1 Å². The molecule has 20 heavy (non-hydrogen) atoms. The van der Waals surface area contributed by atoms with E-state index < -0.39 is 24.1 Å². The molecule has 8 nitrogen and oxygen atoms in total. The summed E-state index contributed by atoms with van der Waals surface area (Å²) in [6.45, 7) is 3.54. The molecule has 0 aromatic rings. The Morgan fingerprint density at radius 2 is 1.15 bits per heavy atom. The first-order valence-electron chi connectivity index (χ1n) is 6.16. The first kappa shape index (κ1) is 17.6. The molecule has 0 aromatic carbocycles. The van der Waals surface area contributed by atoms with Gasteiger partial charge in [-0.3, -0.25) is 20.2 Å². The molecule has 0 radical (unpaired) electrons. The molecule has 8 heteroatoms. The fraction of sp³-hybridized carbons (Fsp3) is 0.500. The molecule has 112 valence electrons. The van der Waals surface area contributed by atoms with Gasteiger partial charge < -0.3 is 9.47 Å². The van der Waals surface area contributed by atoms with Crippen LogP contribution in [0, 0.1) is 0 Å². The summed E-state index contributed by atoms with van der Waals surface area (Å²) < 4.78 is 8.71. The lowest BCUT2D eigenvalue weighted by Gasteiger charge is -2.02. The summed E-state index contributed by atoms with van der Waals surface area (Å²) >= 11 is 0. The Labute approximate surface area is 116 Å². The zero-order valence-electron chi connectivity index (χ0n) is 11.4. The van der Waals surface area contributed by atoms with Crippen LogP contribution in [0.15, 0.2) is 12.4 Å². The van der Waals surface area contributed by atoms with E-state index in [0.29, 0.717) is 12.8 Å². The minimum absolute atomic E-state index is 0.140. The standard InChI is InChI=1S/C12H18N2O6/c1-3-5-9(15)19-11(17)13-7-8-14-12(18)20-10(16)6-4-2/h7-8H,3-6H2,1-2H3,(H,13,17)(H,14,18). The first-order chi connectivity index (χ1) is 9.49. The number of hydrogen-bond acceptors (Lipinski definition) is 6. The number of nitrogens with one attached hydrogen (secondary N) is 2. The van der Waals surface area contributed by atoms with Gasteiger partial charge in [-0.2, -0.15) is 0 Å². The maximum atomic E-state index is 11.0. The van der Waals surface area contributed by atoms with E-state index in [0.717, 1.165) is 12.4 Å². The van der Waals surface area contributed by atoms with Gasteiger partial charge in [-0.1, -0.05) is 13.8 Å². The van der Waals surface area contributed by atoms with Crippen LogP contribution in [0.3, 0.4) is 0 Å². The van der Waals surface area contributed by atoms with Gasteiger partial charge in [0.2, 0.25) is 0 Å². The fourth-order valence-corrected chi connectivity index (χ4v) is 0.995. The highest BCUT2D eigenvalue weighted by molar-refractivity contribution is 5.85. The molecule has 0 spiro atoms. The van der Waals surface area contributed by atoms with Crippen LogP contribution in [0.25, 0.3) is 0 Å². The van der Waals surface area contributed by atoms with Gasteiger partial charge in [0.1, 0.15) is 0 Å². The van der Waals surface area contributed by atoms with Crippen LogP contribution >= 0.6 is 0 Å². The summed E-state index contributed by atoms with van der Waals surface area (Å²) in [6.07, 6.45) is 1.57. The average molecular weight is 286 g/mol. The topological polar surface area (TPSA) is 111 Å². The number of hydrogen-bond donors (Lipinski definition) is 2. The van der Waals surface area contributed by atoms with E-state index in [9.17, 15) is 19.2 Å². The molecule has 0 saturated carbocycles. The van der Waals surface area contributed by atoms with E-state index >= 15 is 0 Å². The van der Waals surface area contributed by atoms with Crippen LogP contribution in [0.4, 0.5) is 9.59 Å². The number of alkyl carbamates (subject to hydrolysis) is 2. The largest absolute Gasteiger partial charge is 0.418 e. The Kier molecular flexibility index (Phi) is 9.28. The Balaban J connectivity index is 3.85. The van der Waals surface area contributed by atoms with Crippen molar-refractivity contribution in [3.05, 3.63) is 12.4 Å². The molecule has 0 aliphatic carbocycles. The Hall–Kier alpha value is -2.38. The summed E-state index contributed by atoms with van der Waals surface area (Å²) in [5.41, 5.74) is 0. The summed E-state index contributed by atoms with van der Waals surface area (Å²) in [5.74, 6) is -1.29. The molecular formula is C12H18N2O6. The second kappa shape index (κ2) is 10.5. The number of amides is 2. The van der Waals surface area contributed by atoms with Crippen molar-refractivity contribution >= 4 is 24.1 Å². The minimum atomic E-state index is -0.961. The van der Waals surface area contributed by atoms with Crippen LogP contribution in [0.5, 0.6) is 0 Å². The molecule has 2 N–H and O–H groups in total. The normalized spacial score (nSPS) is 9.90. The van der Waals surface area contributed by atoms with E-state index in [1.165, 1.54) is 0 Å². The minimum Gasteiger partial charge on any atom is -0.376 e. The molecule has 0 atom stereocenters. The zero-order chi connectivity index (χ0) is 15.4. The highest BCUT2D eigenvalue weighted by atomic mass is 16.6. The van der Waals surface area contributed by atoms with Crippen LogP contribution in [-0.4, -0.2) is 24.1 Å². The zero-order valence-corrected chi connectivity index (χ0v) is 11.4. The Morgan fingerprint density at radius 3 is 1.45 bits per heavy atom. The van der Waals surface area contributed by atoms with Crippen LogP contribution in [0.1, 0.15) is 39.5 Å². The summed E-state index contributed by atoms with van der Waals surface area (Å²) in [5, 5.41) is 4.18. The third-order valence-electron chi connectivity index (χ3n) is 1.81. The van der Waals surface area contributed by atoms with Crippen molar-refractivity contribution in [2.45, 2.75) is 39.5 Å². The summed E-state index contributed by atoms with van der Waals surface area (Å²) in [4.78, 5) is 44.0. The molecule has 2 amide bonds. The van der Waals surface area contributed by atoms with E-state index in [-0.39, 0.29) is 12.8 Å².